The highest BCUT2D eigenvalue weighted by atomic mass is 19.4. The second kappa shape index (κ2) is 5.56. The third-order valence-corrected chi connectivity index (χ3v) is 2.67. The molecule has 1 atom stereocenters. The van der Waals surface area contributed by atoms with Crippen LogP contribution >= 0.6 is 0 Å². The first-order chi connectivity index (χ1) is 8.20. The second-order valence-corrected chi connectivity index (χ2v) is 4.69. The van der Waals surface area contributed by atoms with E-state index in [1.807, 2.05) is 0 Å². The number of hydrogen-bond acceptors (Lipinski definition) is 3. The Hall–Kier alpha value is -1.30. The Bertz CT molecular complexity index is 391. The number of aromatic nitrogens is 1. The third-order valence-electron chi connectivity index (χ3n) is 2.67. The number of hydrogen-bond donors (Lipinski definition) is 2. The maximum absolute atomic E-state index is 12.0. The molecule has 0 fully saturated rings. The summed E-state index contributed by atoms with van der Waals surface area (Å²) in [6.45, 7) is 1.51. The maximum atomic E-state index is 12.0. The smallest absolute Gasteiger partial charge is 0.389 e. The fourth-order valence-electron chi connectivity index (χ4n) is 1.77. The predicted molar refractivity (Wildman–Crippen MR) is 62.9 cm³/mol. The van der Waals surface area contributed by atoms with Gasteiger partial charge in [0.1, 0.15) is 5.82 Å². The first-order valence-corrected chi connectivity index (χ1v) is 5.68. The van der Waals surface area contributed by atoms with Crippen LogP contribution in [0.15, 0.2) is 18.3 Å². The Morgan fingerprint density at radius 1 is 1.33 bits per heavy atom. The molecule has 0 amide bonds. The number of nitrogen functional groups attached to an aromatic ring is 1. The van der Waals surface area contributed by atoms with Gasteiger partial charge < -0.3 is 10.8 Å². The van der Waals surface area contributed by atoms with Crippen molar-refractivity contribution >= 4 is 5.82 Å². The van der Waals surface area contributed by atoms with Crippen LogP contribution in [0.5, 0.6) is 0 Å². The lowest BCUT2D eigenvalue weighted by molar-refractivity contribution is -0.137. The molecule has 0 aliphatic carbocycles. The van der Waals surface area contributed by atoms with Crippen LogP contribution in [0.1, 0.15) is 31.7 Å². The van der Waals surface area contributed by atoms with Crippen molar-refractivity contribution < 1.29 is 18.3 Å². The Morgan fingerprint density at radius 2 is 2.00 bits per heavy atom. The van der Waals surface area contributed by atoms with Crippen LogP contribution in [0.4, 0.5) is 19.0 Å². The summed E-state index contributed by atoms with van der Waals surface area (Å²) in [6, 6.07) is 3.39. The monoisotopic (exact) mass is 262 g/mol. The van der Waals surface area contributed by atoms with E-state index in [0.29, 0.717) is 11.4 Å². The molecule has 18 heavy (non-hydrogen) atoms. The molecule has 0 aliphatic heterocycles. The molecule has 6 heteroatoms. The Balaban J connectivity index is 2.52. The van der Waals surface area contributed by atoms with Gasteiger partial charge in [-0.25, -0.2) is 4.98 Å². The van der Waals surface area contributed by atoms with E-state index in [-0.39, 0.29) is 19.3 Å². The van der Waals surface area contributed by atoms with E-state index in [1.165, 1.54) is 13.1 Å². The van der Waals surface area contributed by atoms with Gasteiger partial charge in [0, 0.05) is 19.0 Å². The minimum Gasteiger partial charge on any atom is -0.390 e. The zero-order valence-electron chi connectivity index (χ0n) is 10.2. The van der Waals surface area contributed by atoms with Crippen molar-refractivity contribution in [1.29, 1.82) is 0 Å². The highest BCUT2D eigenvalue weighted by Gasteiger charge is 2.29. The van der Waals surface area contributed by atoms with E-state index in [9.17, 15) is 18.3 Å². The first kappa shape index (κ1) is 14.8. The minimum absolute atomic E-state index is 0.0703. The summed E-state index contributed by atoms with van der Waals surface area (Å²) in [5.74, 6) is 0.300. The predicted octanol–water partition coefficient (Wildman–Crippen LogP) is 2.69. The van der Waals surface area contributed by atoms with Crippen LogP contribution in [0.2, 0.25) is 0 Å². The van der Waals surface area contributed by atoms with Gasteiger partial charge >= 0.3 is 6.18 Å². The summed E-state index contributed by atoms with van der Waals surface area (Å²) in [5.41, 5.74) is 5.07. The lowest BCUT2D eigenvalue weighted by atomic mass is 9.91. The van der Waals surface area contributed by atoms with Gasteiger partial charge in [-0.1, -0.05) is 6.07 Å². The van der Waals surface area contributed by atoms with Gasteiger partial charge in [0.2, 0.25) is 0 Å². The molecule has 0 aromatic carbocycles. The van der Waals surface area contributed by atoms with Crippen LogP contribution in [0.3, 0.4) is 0 Å². The van der Waals surface area contributed by atoms with E-state index in [1.54, 1.807) is 12.1 Å². The van der Waals surface area contributed by atoms with Gasteiger partial charge in [0.25, 0.3) is 0 Å². The third kappa shape index (κ3) is 5.35. The molecule has 0 radical (unpaired) electrons. The van der Waals surface area contributed by atoms with Gasteiger partial charge in [-0.15, -0.1) is 0 Å². The van der Waals surface area contributed by atoms with Crippen LogP contribution in [0.25, 0.3) is 0 Å². The lowest BCUT2D eigenvalue weighted by Gasteiger charge is -2.24. The van der Waals surface area contributed by atoms with E-state index >= 15 is 0 Å². The van der Waals surface area contributed by atoms with Crippen molar-refractivity contribution in [2.24, 2.45) is 0 Å². The molecule has 3 N–H and O–H groups in total. The second-order valence-electron chi connectivity index (χ2n) is 4.69. The molecule has 0 aliphatic rings. The Kier molecular flexibility index (Phi) is 4.56. The number of rotatable bonds is 5. The molecule has 3 nitrogen and oxygen atoms in total. The number of anilines is 1. The largest absolute Gasteiger partial charge is 0.390 e. The SMILES string of the molecule is CC(O)(CCCC(F)(F)F)Cc1cccnc1N. The Labute approximate surface area is 104 Å². The average molecular weight is 262 g/mol. The van der Waals surface area contributed by atoms with Gasteiger partial charge in [0.05, 0.1) is 5.60 Å². The molecule has 1 aromatic heterocycles. The van der Waals surface area contributed by atoms with Gasteiger partial charge in [-0.3, -0.25) is 0 Å². The van der Waals surface area contributed by atoms with Crippen molar-refractivity contribution in [3.63, 3.8) is 0 Å². The number of nitrogens with zero attached hydrogens (tertiary/aromatic N) is 1. The summed E-state index contributed by atoms with van der Waals surface area (Å²) in [6.07, 6.45) is -3.37. The van der Waals surface area contributed by atoms with Crippen molar-refractivity contribution in [3.8, 4) is 0 Å². The topological polar surface area (TPSA) is 59.1 Å². The Morgan fingerprint density at radius 3 is 2.56 bits per heavy atom. The summed E-state index contributed by atoms with van der Waals surface area (Å²) in [5, 5.41) is 10.0. The molecule has 0 saturated heterocycles. The standard InChI is InChI=1S/C12H17F3N2O/c1-11(18,5-3-6-12(13,14)15)8-9-4-2-7-17-10(9)16/h2,4,7,18H,3,5-6,8H2,1H3,(H2,16,17). The maximum Gasteiger partial charge on any atom is 0.389 e. The molecular weight excluding hydrogens is 245 g/mol. The molecule has 0 saturated carbocycles. The molecule has 1 unspecified atom stereocenters. The van der Waals surface area contributed by atoms with Gasteiger partial charge in [-0.2, -0.15) is 13.2 Å². The van der Waals surface area contributed by atoms with E-state index in [2.05, 4.69) is 4.98 Å². The zero-order chi connectivity index (χ0) is 13.8. The number of nitrogens with two attached hydrogens (primary N) is 1. The van der Waals surface area contributed by atoms with Crippen LogP contribution < -0.4 is 5.73 Å². The van der Waals surface area contributed by atoms with E-state index in [0.717, 1.165) is 0 Å². The molecule has 1 heterocycles. The van der Waals surface area contributed by atoms with E-state index < -0.39 is 18.2 Å². The van der Waals surface area contributed by atoms with Crippen molar-refractivity contribution in [2.75, 3.05) is 5.73 Å². The van der Waals surface area contributed by atoms with Gasteiger partial charge in [-0.05, 0) is 31.4 Å². The molecule has 0 spiro atoms. The zero-order valence-corrected chi connectivity index (χ0v) is 10.2. The lowest BCUT2D eigenvalue weighted by Crippen LogP contribution is -2.28. The summed E-state index contributed by atoms with van der Waals surface area (Å²) in [4.78, 5) is 3.87. The number of aliphatic hydroxyl groups is 1. The fraction of sp³-hybridized carbons (Fsp3) is 0.583. The fourth-order valence-corrected chi connectivity index (χ4v) is 1.77. The summed E-state index contributed by atoms with van der Waals surface area (Å²) in [7, 11) is 0. The van der Waals surface area contributed by atoms with Gasteiger partial charge in [0.15, 0.2) is 0 Å². The van der Waals surface area contributed by atoms with Crippen LogP contribution in [0, 0.1) is 0 Å². The quantitative estimate of drug-likeness (QED) is 0.857. The summed E-state index contributed by atoms with van der Waals surface area (Å²) < 4.78 is 36.0. The number of pyridine rings is 1. The van der Waals surface area contributed by atoms with Crippen molar-refractivity contribution in [3.05, 3.63) is 23.9 Å². The number of alkyl halides is 3. The van der Waals surface area contributed by atoms with Crippen LogP contribution in [-0.2, 0) is 6.42 Å². The molecule has 0 bridgehead atoms. The molecule has 1 aromatic rings. The van der Waals surface area contributed by atoms with Crippen molar-refractivity contribution in [2.45, 2.75) is 44.4 Å². The minimum atomic E-state index is -4.18. The normalized spacial score (nSPS) is 15.4. The molecule has 102 valence electrons. The van der Waals surface area contributed by atoms with Crippen molar-refractivity contribution in [1.82, 2.24) is 4.98 Å². The molecular formula is C12H17F3N2O. The average Bonchev–Trinajstić information content (AvgIpc) is 2.18. The summed E-state index contributed by atoms with van der Waals surface area (Å²) >= 11 is 0. The molecule has 1 rings (SSSR count). The highest BCUT2D eigenvalue weighted by Crippen LogP contribution is 2.27. The number of halogens is 3. The van der Waals surface area contributed by atoms with Crippen LogP contribution in [-0.4, -0.2) is 21.9 Å². The highest BCUT2D eigenvalue weighted by molar-refractivity contribution is 5.39. The first-order valence-electron chi connectivity index (χ1n) is 5.68. The van der Waals surface area contributed by atoms with E-state index in [4.69, 9.17) is 5.73 Å².